The Hall–Kier alpha value is -3.12. The van der Waals surface area contributed by atoms with Crippen LogP contribution in [0, 0.1) is 24.7 Å². The Morgan fingerprint density at radius 3 is 1.85 bits per heavy atom. The zero-order valence-electron chi connectivity index (χ0n) is 23.9. The standard InChI is InChI=1S/C40H40/c1-26-16-32(30-8-11-34(12-9-30)39-23-27-18-28(24-39)20-29(19-27)25-39)21-33(17-26)31-10-13-36-35-6-2-3-7-37(35)40(38(36)22-31)14-4-5-15-40/h2-3,6-13,16-17,21-22,27-29H,4-5,14-15,18-20,23-25H2,1H3. The van der Waals surface area contributed by atoms with Crippen LogP contribution in [0.4, 0.5) is 0 Å². The predicted octanol–water partition coefficient (Wildman–Crippen LogP) is 10.6. The van der Waals surface area contributed by atoms with Crippen molar-refractivity contribution in [1.82, 2.24) is 0 Å². The van der Waals surface area contributed by atoms with Crippen molar-refractivity contribution in [1.29, 1.82) is 0 Å². The van der Waals surface area contributed by atoms with Crippen molar-refractivity contribution in [3.8, 4) is 33.4 Å². The van der Waals surface area contributed by atoms with Crippen LogP contribution >= 0.6 is 0 Å². The second kappa shape index (κ2) is 8.45. The zero-order valence-corrected chi connectivity index (χ0v) is 23.9. The molecule has 4 aromatic rings. The molecule has 6 aliphatic rings. The summed E-state index contributed by atoms with van der Waals surface area (Å²) in [5.74, 6) is 2.98. The second-order valence-corrected chi connectivity index (χ2v) is 14.5. The minimum Gasteiger partial charge on any atom is -0.0619 e. The van der Waals surface area contributed by atoms with Crippen LogP contribution < -0.4 is 0 Å². The van der Waals surface area contributed by atoms with Gasteiger partial charge < -0.3 is 0 Å². The fourth-order valence-corrected chi connectivity index (χ4v) is 10.7. The van der Waals surface area contributed by atoms with Gasteiger partial charge in [-0.2, -0.15) is 0 Å². The minimum atomic E-state index is 0.224. The molecular formula is C40H40. The molecule has 0 atom stereocenters. The van der Waals surface area contributed by atoms with E-state index in [2.05, 4.69) is 91.9 Å². The molecule has 1 spiro atoms. The topological polar surface area (TPSA) is 0 Å². The van der Waals surface area contributed by atoms with Gasteiger partial charge in [-0.25, -0.2) is 0 Å². The number of benzene rings is 4. The van der Waals surface area contributed by atoms with E-state index in [9.17, 15) is 0 Å². The Morgan fingerprint density at radius 2 is 1.15 bits per heavy atom. The van der Waals surface area contributed by atoms with Crippen LogP contribution in [-0.4, -0.2) is 0 Å². The van der Waals surface area contributed by atoms with Gasteiger partial charge in [0.05, 0.1) is 0 Å². The van der Waals surface area contributed by atoms with Crippen molar-refractivity contribution in [2.24, 2.45) is 17.8 Å². The summed E-state index contributed by atoms with van der Waals surface area (Å²) in [7, 11) is 0. The van der Waals surface area contributed by atoms with Crippen molar-refractivity contribution < 1.29 is 0 Å². The van der Waals surface area contributed by atoms with E-state index in [1.54, 1.807) is 16.7 Å². The normalized spacial score (nSPS) is 28.7. The first kappa shape index (κ1) is 23.6. The lowest BCUT2D eigenvalue weighted by Crippen LogP contribution is -2.48. The van der Waals surface area contributed by atoms with E-state index in [-0.39, 0.29) is 5.41 Å². The Labute approximate surface area is 239 Å². The molecule has 0 nitrogen and oxygen atoms in total. The Morgan fingerprint density at radius 1 is 0.550 bits per heavy atom. The van der Waals surface area contributed by atoms with Gasteiger partial charge >= 0.3 is 0 Å². The fraction of sp³-hybridized carbons (Fsp3) is 0.400. The van der Waals surface area contributed by atoms with Crippen molar-refractivity contribution in [2.75, 3.05) is 0 Å². The summed E-state index contributed by atoms with van der Waals surface area (Å²) < 4.78 is 0. The molecular weight excluding hydrogens is 480 g/mol. The first-order valence-electron chi connectivity index (χ1n) is 16.1. The van der Waals surface area contributed by atoms with Gasteiger partial charge in [-0.3, -0.25) is 0 Å². The maximum Gasteiger partial charge on any atom is 0.0215 e. The highest BCUT2D eigenvalue weighted by atomic mass is 14.6. The highest BCUT2D eigenvalue weighted by Gasteiger charge is 2.51. The van der Waals surface area contributed by atoms with Crippen LogP contribution in [0.15, 0.2) is 84.9 Å². The summed E-state index contributed by atoms with van der Waals surface area (Å²) in [4.78, 5) is 0. The number of fused-ring (bicyclic) bond motifs is 5. The minimum absolute atomic E-state index is 0.224. The van der Waals surface area contributed by atoms with E-state index < -0.39 is 0 Å². The molecule has 0 N–H and O–H groups in total. The lowest BCUT2D eigenvalue weighted by molar-refractivity contribution is -0.00518. The summed E-state index contributed by atoms with van der Waals surface area (Å²) >= 11 is 0. The van der Waals surface area contributed by atoms with Crippen LogP contribution in [-0.2, 0) is 10.8 Å². The van der Waals surface area contributed by atoms with Crippen LogP contribution in [0.1, 0.15) is 86.5 Å². The molecule has 40 heavy (non-hydrogen) atoms. The van der Waals surface area contributed by atoms with Gasteiger partial charge in [0.25, 0.3) is 0 Å². The molecule has 5 fully saturated rings. The molecule has 0 aliphatic heterocycles. The van der Waals surface area contributed by atoms with Crippen LogP contribution in [0.5, 0.6) is 0 Å². The molecule has 0 radical (unpaired) electrons. The Kier molecular flexibility index (Phi) is 4.98. The number of aryl methyl sites for hydroxylation is 1. The van der Waals surface area contributed by atoms with E-state index in [4.69, 9.17) is 0 Å². The molecule has 0 heterocycles. The monoisotopic (exact) mass is 520 g/mol. The molecule has 0 amide bonds. The molecule has 5 saturated carbocycles. The van der Waals surface area contributed by atoms with Gasteiger partial charge in [0.15, 0.2) is 0 Å². The first-order valence-corrected chi connectivity index (χ1v) is 16.1. The molecule has 200 valence electrons. The Bertz CT molecular complexity index is 1590. The average Bonchev–Trinajstić information content (AvgIpc) is 3.57. The fourth-order valence-electron chi connectivity index (χ4n) is 10.7. The van der Waals surface area contributed by atoms with Crippen molar-refractivity contribution in [3.63, 3.8) is 0 Å². The van der Waals surface area contributed by atoms with E-state index in [1.807, 2.05) is 0 Å². The smallest absolute Gasteiger partial charge is 0.0215 e. The summed E-state index contributed by atoms with van der Waals surface area (Å²) in [6.07, 6.45) is 14.1. The average molecular weight is 521 g/mol. The molecule has 0 unspecified atom stereocenters. The third-order valence-electron chi connectivity index (χ3n) is 12.0. The molecule has 4 aromatic carbocycles. The predicted molar refractivity (Wildman–Crippen MR) is 167 cm³/mol. The van der Waals surface area contributed by atoms with Gasteiger partial charge in [-0.15, -0.1) is 0 Å². The maximum absolute atomic E-state index is 2.55. The summed E-state index contributed by atoms with van der Waals surface area (Å²) in [6.45, 7) is 2.26. The molecule has 10 rings (SSSR count). The Balaban J connectivity index is 1.07. The quantitative estimate of drug-likeness (QED) is 0.252. The first-order chi connectivity index (χ1) is 19.6. The van der Waals surface area contributed by atoms with Gasteiger partial charge in [0, 0.05) is 5.41 Å². The highest BCUT2D eigenvalue weighted by molar-refractivity contribution is 5.85. The summed E-state index contributed by atoms with van der Waals surface area (Å²) in [5, 5.41) is 0. The number of rotatable bonds is 3. The van der Waals surface area contributed by atoms with Gasteiger partial charge in [-0.1, -0.05) is 85.6 Å². The van der Waals surface area contributed by atoms with E-state index in [1.165, 1.54) is 103 Å². The number of hydrogen-bond acceptors (Lipinski definition) is 0. The maximum atomic E-state index is 2.55. The number of hydrogen-bond donors (Lipinski definition) is 0. The van der Waals surface area contributed by atoms with Gasteiger partial charge in [0.2, 0.25) is 0 Å². The summed E-state index contributed by atoms with van der Waals surface area (Å²) in [6, 6.07) is 33.6. The van der Waals surface area contributed by atoms with Crippen molar-refractivity contribution in [3.05, 3.63) is 107 Å². The molecule has 0 heteroatoms. The highest BCUT2D eigenvalue weighted by Crippen LogP contribution is 2.61. The molecule has 6 aliphatic carbocycles. The van der Waals surface area contributed by atoms with Gasteiger partial charge in [-0.05, 0) is 149 Å². The van der Waals surface area contributed by atoms with Gasteiger partial charge in [0.1, 0.15) is 0 Å². The second-order valence-electron chi connectivity index (χ2n) is 14.5. The largest absolute Gasteiger partial charge is 0.0619 e. The third kappa shape index (κ3) is 3.38. The molecule has 0 aromatic heterocycles. The van der Waals surface area contributed by atoms with Crippen LogP contribution in [0.3, 0.4) is 0 Å². The lowest BCUT2D eigenvalue weighted by Gasteiger charge is -2.57. The van der Waals surface area contributed by atoms with Crippen molar-refractivity contribution in [2.45, 2.75) is 82.0 Å². The molecule has 4 bridgehead atoms. The van der Waals surface area contributed by atoms with E-state index in [0.717, 1.165) is 17.8 Å². The van der Waals surface area contributed by atoms with E-state index in [0.29, 0.717) is 5.41 Å². The lowest BCUT2D eigenvalue weighted by atomic mass is 9.48. The SMILES string of the molecule is Cc1cc(-c2ccc(C34CC5CC(CC(C5)C3)C4)cc2)cc(-c2ccc3c(c2)C2(CCCC2)c2ccccc2-3)c1. The molecule has 0 saturated heterocycles. The van der Waals surface area contributed by atoms with Crippen LogP contribution in [0.25, 0.3) is 33.4 Å². The third-order valence-corrected chi connectivity index (χ3v) is 12.0. The summed E-state index contributed by atoms with van der Waals surface area (Å²) in [5.41, 5.74) is 15.2. The van der Waals surface area contributed by atoms with E-state index >= 15 is 0 Å². The zero-order chi connectivity index (χ0) is 26.5. The van der Waals surface area contributed by atoms with Crippen molar-refractivity contribution >= 4 is 0 Å². The van der Waals surface area contributed by atoms with Crippen LogP contribution in [0.2, 0.25) is 0 Å².